The molecule has 5 heteroatoms. The van der Waals surface area contributed by atoms with Crippen molar-refractivity contribution in [3.63, 3.8) is 0 Å². The summed E-state index contributed by atoms with van der Waals surface area (Å²) in [6.07, 6.45) is 0. The van der Waals surface area contributed by atoms with Gasteiger partial charge in [-0.2, -0.15) is 0 Å². The van der Waals surface area contributed by atoms with Crippen molar-refractivity contribution >= 4 is 36.9 Å². The lowest BCUT2D eigenvalue weighted by molar-refractivity contribution is 1.18. The van der Waals surface area contributed by atoms with Crippen LogP contribution in [0.2, 0.25) is 24.7 Å². The van der Waals surface area contributed by atoms with Gasteiger partial charge in [-0.15, -0.1) is 10.2 Å². The third-order valence-corrected chi connectivity index (χ3v) is 6.19. The molecule has 0 amide bonds. The van der Waals surface area contributed by atoms with Gasteiger partial charge in [-0.3, -0.25) is 0 Å². The summed E-state index contributed by atoms with van der Waals surface area (Å²) in [5, 5.41) is 9.39. The maximum atomic E-state index is 6.14. The molecule has 0 unspecified atom stereocenters. The normalized spacial score (nSPS) is 11.9. The third-order valence-electron chi connectivity index (χ3n) is 3.62. The van der Waals surface area contributed by atoms with Crippen molar-refractivity contribution in [3.8, 4) is 0 Å². The molecule has 0 aliphatic rings. The van der Waals surface area contributed by atoms with E-state index in [4.69, 9.17) is 11.6 Å². The Morgan fingerprint density at radius 1 is 0.955 bits per heavy atom. The third kappa shape index (κ3) is 3.96. The molecule has 0 saturated heterocycles. The van der Waals surface area contributed by atoms with E-state index in [9.17, 15) is 0 Å². The molecule has 2 aromatic rings. The number of azo groups is 1. The molecule has 116 valence electrons. The number of hydrogen-bond acceptors (Lipinski definition) is 3. The van der Waals surface area contributed by atoms with Gasteiger partial charge in [0.25, 0.3) is 0 Å². The van der Waals surface area contributed by atoms with E-state index in [1.807, 2.05) is 24.3 Å². The Morgan fingerprint density at radius 2 is 1.59 bits per heavy atom. The van der Waals surface area contributed by atoms with E-state index in [2.05, 4.69) is 66.6 Å². The van der Waals surface area contributed by atoms with E-state index in [0.29, 0.717) is 10.7 Å². The van der Waals surface area contributed by atoms with Gasteiger partial charge in [-0.1, -0.05) is 49.4 Å². The molecule has 0 saturated carbocycles. The zero-order valence-corrected chi connectivity index (χ0v) is 15.5. The second-order valence-corrected chi connectivity index (χ2v) is 11.8. The number of benzene rings is 2. The molecule has 0 aliphatic carbocycles. The lowest BCUT2D eigenvalue weighted by Gasteiger charge is -2.33. The van der Waals surface area contributed by atoms with Crippen LogP contribution in [0.3, 0.4) is 0 Å². The summed E-state index contributed by atoms with van der Waals surface area (Å²) in [6.45, 7) is 8.98. The second-order valence-electron chi connectivity index (χ2n) is 6.37. The highest BCUT2D eigenvalue weighted by molar-refractivity contribution is 6.79. The SMILES string of the molecule is Cc1ccc(N(C)[Si](C)(C)C)c(N=Nc2ccccc2Cl)c1. The number of aryl methyl sites for hydroxylation is 1. The second kappa shape index (κ2) is 6.63. The Kier molecular flexibility index (Phi) is 5.03. The quantitative estimate of drug-likeness (QED) is 0.475. The zero-order chi connectivity index (χ0) is 16.3. The fourth-order valence-electron chi connectivity index (χ4n) is 2.00. The molecule has 0 atom stereocenters. The highest BCUT2D eigenvalue weighted by atomic mass is 35.5. The van der Waals surface area contributed by atoms with Crippen molar-refractivity contribution in [2.45, 2.75) is 26.6 Å². The summed E-state index contributed by atoms with van der Waals surface area (Å²) in [5.41, 5.74) is 3.85. The lowest BCUT2D eigenvalue weighted by Crippen LogP contribution is -2.43. The number of rotatable bonds is 4. The van der Waals surface area contributed by atoms with Crippen LogP contribution in [-0.2, 0) is 0 Å². The topological polar surface area (TPSA) is 28.0 Å². The Morgan fingerprint density at radius 3 is 2.23 bits per heavy atom. The summed E-state index contributed by atoms with van der Waals surface area (Å²) in [6, 6.07) is 13.8. The average Bonchev–Trinajstić information content (AvgIpc) is 2.45. The molecule has 0 aromatic heterocycles. The highest BCUT2D eigenvalue weighted by Gasteiger charge is 2.22. The maximum absolute atomic E-state index is 6.14. The van der Waals surface area contributed by atoms with Crippen molar-refractivity contribution in [2.24, 2.45) is 10.2 Å². The van der Waals surface area contributed by atoms with E-state index in [1.165, 1.54) is 5.56 Å². The van der Waals surface area contributed by atoms with Gasteiger partial charge >= 0.3 is 0 Å². The lowest BCUT2D eigenvalue weighted by atomic mass is 10.2. The van der Waals surface area contributed by atoms with Gasteiger partial charge in [0.1, 0.15) is 19.6 Å². The monoisotopic (exact) mass is 331 g/mol. The standard InChI is InChI=1S/C17H22ClN3Si/c1-13-10-11-17(21(2)22(3,4)5)16(12-13)20-19-15-9-7-6-8-14(15)18/h6-12H,1-5H3. The molecule has 2 rings (SSSR count). The Labute approximate surface area is 138 Å². The number of hydrogen-bond donors (Lipinski definition) is 0. The summed E-state index contributed by atoms with van der Waals surface area (Å²) in [5.74, 6) is 0. The van der Waals surface area contributed by atoms with Gasteiger partial charge in [0.2, 0.25) is 0 Å². The molecule has 3 nitrogen and oxygen atoms in total. The van der Waals surface area contributed by atoms with Crippen molar-refractivity contribution in [1.29, 1.82) is 0 Å². The molecular formula is C17H22ClN3Si. The predicted octanol–water partition coefficient (Wildman–Crippen LogP) is 6.33. The first-order chi connectivity index (χ1) is 10.3. The molecule has 0 radical (unpaired) electrons. The fraction of sp³-hybridized carbons (Fsp3) is 0.294. The molecule has 0 heterocycles. The Bertz CT molecular complexity index is 693. The van der Waals surface area contributed by atoms with Crippen LogP contribution in [0.5, 0.6) is 0 Å². The Balaban J connectivity index is 2.42. The van der Waals surface area contributed by atoms with Gasteiger partial charge < -0.3 is 4.57 Å². The molecule has 22 heavy (non-hydrogen) atoms. The van der Waals surface area contributed by atoms with Crippen molar-refractivity contribution in [1.82, 2.24) is 0 Å². The molecule has 0 aliphatic heterocycles. The Hall–Kier alpha value is -1.65. The smallest absolute Gasteiger partial charge is 0.147 e. The first-order valence-electron chi connectivity index (χ1n) is 7.30. The van der Waals surface area contributed by atoms with Gasteiger partial charge in [-0.05, 0) is 43.8 Å². The van der Waals surface area contributed by atoms with Crippen LogP contribution >= 0.6 is 11.6 Å². The summed E-state index contributed by atoms with van der Waals surface area (Å²) < 4.78 is 2.34. The molecule has 0 fully saturated rings. The molecule has 0 N–H and O–H groups in total. The van der Waals surface area contributed by atoms with E-state index < -0.39 is 8.24 Å². The van der Waals surface area contributed by atoms with Crippen LogP contribution in [0.4, 0.5) is 17.1 Å². The number of anilines is 1. The first-order valence-corrected chi connectivity index (χ1v) is 11.1. The van der Waals surface area contributed by atoms with Crippen LogP contribution in [0.15, 0.2) is 52.7 Å². The fourth-order valence-corrected chi connectivity index (χ4v) is 3.08. The maximum Gasteiger partial charge on any atom is 0.147 e. The van der Waals surface area contributed by atoms with Crippen molar-refractivity contribution < 1.29 is 0 Å². The summed E-state index contributed by atoms with van der Waals surface area (Å²) in [4.78, 5) is 0. The molecule has 0 bridgehead atoms. The highest BCUT2D eigenvalue weighted by Crippen LogP contribution is 2.34. The van der Waals surface area contributed by atoms with Crippen LogP contribution in [-0.4, -0.2) is 15.3 Å². The van der Waals surface area contributed by atoms with E-state index in [-0.39, 0.29) is 0 Å². The van der Waals surface area contributed by atoms with Crippen LogP contribution in [0.25, 0.3) is 0 Å². The van der Waals surface area contributed by atoms with Crippen LogP contribution in [0, 0.1) is 6.92 Å². The van der Waals surface area contributed by atoms with Gasteiger partial charge in [0.15, 0.2) is 0 Å². The summed E-state index contributed by atoms with van der Waals surface area (Å²) >= 11 is 6.14. The predicted molar refractivity (Wildman–Crippen MR) is 98.6 cm³/mol. The minimum Gasteiger partial charge on any atom is -0.399 e. The summed E-state index contributed by atoms with van der Waals surface area (Å²) in [7, 11) is 0.667. The minimum absolute atomic E-state index is 0.610. The van der Waals surface area contributed by atoms with Gasteiger partial charge in [-0.25, -0.2) is 0 Å². The minimum atomic E-state index is -1.46. The molecule has 2 aromatic carbocycles. The number of nitrogens with zero attached hydrogens (tertiary/aromatic N) is 3. The van der Waals surface area contributed by atoms with Crippen molar-refractivity contribution in [3.05, 3.63) is 53.1 Å². The molecular weight excluding hydrogens is 310 g/mol. The van der Waals surface area contributed by atoms with E-state index >= 15 is 0 Å². The largest absolute Gasteiger partial charge is 0.399 e. The van der Waals surface area contributed by atoms with E-state index in [0.717, 1.165) is 11.4 Å². The number of halogens is 1. The van der Waals surface area contributed by atoms with Crippen LogP contribution in [0.1, 0.15) is 5.56 Å². The van der Waals surface area contributed by atoms with Crippen molar-refractivity contribution in [2.75, 3.05) is 11.6 Å². The average molecular weight is 332 g/mol. The molecule has 0 spiro atoms. The van der Waals surface area contributed by atoms with E-state index in [1.54, 1.807) is 0 Å². The first kappa shape index (κ1) is 16.7. The van der Waals surface area contributed by atoms with Crippen LogP contribution < -0.4 is 4.57 Å². The van der Waals surface area contributed by atoms with Gasteiger partial charge in [0.05, 0.1) is 10.7 Å². The van der Waals surface area contributed by atoms with Gasteiger partial charge in [0, 0.05) is 0 Å². The zero-order valence-electron chi connectivity index (χ0n) is 13.8.